The number of carbonyl (C=O) groups is 1. The summed E-state index contributed by atoms with van der Waals surface area (Å²) in [6.45, 7) is 1.83. The number of aliphatic hydroxyl groups is 3. The molecular formula is C19H22ClN3O5. The summed E-state index contributed by atoms with van der Waals surface area (Å²) >= 11 is 6.30. The van der Waals surface area contributed by atoms with Crippen molar-refractivity contribution in [1.82, 2.24) is 9.97 Å². The molecule has 1 aliphatic heterocycles. The molecule has 0 spiro atoms. The molecule has 9 heteroatoms. The molecular weight excluding hydrogens is 386 g/mol. The molecule has 5 atom stereocenters. The van der Waals surface area contributed by atoms with Crippen LogP contribution in [0.3, 0.4) is 0 Å². The Morgan fingerprint density at radius 1 is 1.18 bits per heavy atom. The van der Waals surface area contributed by atoms with Gasteiger partial charge in [-0.25, -0.2) is 9.97 Å². The first-order valence-electron chi connectivity index (χ1n) is 8.90. The number of nitrogens with zero attached hydrogens (tertiary/aromatic N) is 2. The molecule has 8 nitrogen and oxygen atoms in total. The molecule has 1 fully saturated rings. The summed E-state index contributed by atoms with van der Waals surface area (Å²) in [6, 6.07) is 5.16. The smallest absolute Gasteiger partial charge is 0.286 e. The molecule has 0 bridgehead atoms. The number of primary amides is 1. The van der Waals surface area contributed by atoms with Crippen molar-refractivity contribution in [3.05, 3.63) is 58.1 Å². The first kappa shape index (κ1) is 20.6. The fourth-order valence-electron chi connectivity index (χ4n) is 3.26. The van der Waals surface area contributed by atoms with Crippen molar-refractivity contribution < 1.29 is 24.9 Å². The van der Waals surface area contributed by atoms with Crippen LogP contribution in [0, 0.1) is 0 Å². The van der Waals surface area contributed by atoms with E-state index in [0.717, 1.165) is 11.1 Å². The summed E-state index contributed by atoms with van der Waals surface area (Å²) in [4.78, 5) is 18.9. The molecule has 1 amide bonds. The fraction of sp³-hybridized carbons (Fsp3) is 0.421. The minimum absolute atomic E-state index is 0.0690. The van der Waals surface area contributed by atoms with E-state index in [1.807, 2.05) is 6.92 Å². The van der Waals surface area contributed by atoms with Gasteiger partial charge >= 0.3 is 0 Å². The Hall–Kier alpha value is -2.10. The van der Waals surface area contributed by atoms with Gasteiger partial charge in [-0.05, 0) is 29.2 Å². The maximum absolute atomic E-state index is 11.1. The average molecular weight is 408 g/mol. The van der Waals surface area contributed by atoms with Crippen LogP contribution in [-0.4, -0.2) is 55.6 Å². The molecule has 0 unspecified atom stereocenters. The number of rotatable bonds is 5. The highest BCUT2D eigenvalue weighted by Crippen LogP contribution is 2.35. The molecule has 1 aromatic carbocycles. The number of ether oxygens (including phenoxy) is 1. The summed E-state index contributed by atoms with van der Waals surface area (Å²) < 4.78 is 5.82. The van der Waals surface area contributed by atoms with Gasteiger partial charge < -0.3 is 25.8 Å². The van der Waals surface area contributed by atoms with Crippen molar-refractivity contribution in [2.75, 3.05) is 0 Å². The van der Waals surface area contributed by atoms with Crippen molar-refractivity contribution in [1.29, 1.82) is 0 Å². The lowest BCUT2D eigenvalue weighted by Crippen LogP contribution is -2.53. The molecule has 3 rings (SSSR count). The van der Waals surface area contributed by atoms with E-state index in [0.29, 0.717) is 23.4 Å². The van der Waals surface area contributed by atoms with Gasteiger partial charge in [0.05, 0.1) is 6.10 Å². The van der Waals surface area contributed by atoms with Gasteiger partial charge in [-0.1, -0.05) is 30.7 Å². The number of nitrogens with two attached hydrogens (primary N) is 1. The van der Waals surface area contributed by atoms with Crippen LogP contribution >= 0.6 is 11.6 Å². The third-order valence-corrected chi connectivity index (χ3v) is 5.20. The fourth-order valence-corrected chi connectivity index (χ4v) is 3.45. The molecule has 1 aromatic heterocycles. The maximum atomic E-state index is 11.1. The molecule has 1 saturated heterocycles. The lowest BCUT2D eigenvalue weighted by molar-refractivity contribution is -0.225. The van der Waals surface area contributed by atoms with Crippen molar-refractivity contribution in [3.8, 4) is 0 Å². The lowest BCUT2D eigenvalue weighted by atomic mass is 9.89. The summed E-state index contributed by atoms with van der Waals surface area (Å²) in [5, 5.41) is 31.0. The van der Waals surface area contributed by atoms with Gasteiger partial charge in [0, 0.05) is 23.8 Å². The molecule has 0 aliphatic carbocycles. The summed E-state index contributed by atoms with van der Waals surface area (Å²) in [5.74, 6) is -0.776. The molecule has 0 radical (unpaired) electrons. The van der Waals surface area contributed by atoms with E-state index < -0.39 is 36.4 Å². The van der Waals surface area contributed by atoms with Gasteiger partial charge in [-0.2, -0.15) is 0 Å². The predicted octanol–water partition coefficient (Wildman–Crippen LogP) is 0.752. The zero-order valence-corrected chi connectivity index (χ0v) is 16.0. The van der Waals surface area contributed by atoms with Crippen LogP contribution in [0.25, 0.3) is 0 Å². The third-order valence-electron chi connectivity index (χ3n) is 4.83. The van der Waals surface area contributed by atoms with E-state index in [1.54, 1.807) is 18.2 Å². The zero-order chi connectivity index (χ0) is 20.4. The third kappa shape index (κ3) is 4.16. The Labute approximate surface area is 167 Å². The molecule has 2 heterocycles. The van der Waals surface area contributed by atoms with E-state index in [2.05, 4.69) is 9.97 Å². The first-order chi connectivity index (χ1) is 13.3. The van der Waals surface area contributed by atoms with Crippen LogP contribution in [0.2, 0.25) is 5.02 Å². The van der Waals surface area contributed by atoms with Crippen LogP contribution in [0.5, 0.6) is 0 Å². The van der Waals surface area contributed by atoms with E-state index in [4.69, 9.17) is 22.1 Å². The normalized spacial score (nSPS) is 27.5. The highest BCUT2D eigenvalue weighted by molar-refractivity contribution is 6.31. The van der Waals surface area contributed by atoms with Crippen LogP contribution in [0.4, 0.5) is 0 Å². The van der Waals surface area contributed by atoms with Gasteiger partial charge in [-0.15, -0.1) is 0 Å². The minimum atomic E-state index is -1.31. The summed E-state index contributed by atoms with van der Waals surface area (Å²) in [7, 11) is 0. The van der Waals surface area contributed by atoms with Crippen molar-refractivity contribution in [3.63, 3.8) is 0 Å². The Balaban J connectivity index is 1.85. The second-order valence-electron chi connectivity index (χ2n) is 6.78. The predicted molar refractivity (Wildman–Crippen MR) is 101 cm³/mol. The SMILES string of the molecule is CC[C@H]1O[C@@H](c2ccc(Cl)c(Cc3cnc(C(N)=O)nc3)c2)[C@H](O)[C@@H](O)[C@@H]1O. The monoisotopic (exact) mass is 407 g/mol. The van der Waals surface area contributed by atoms with Gasteiger partial charge in [0.15, 0.2) is 0 Å². The summed E-state index contributed by atoms with van der Waals surface area (Å²) in [5.41, 5.74) is 7.22. The first-order valence-corrected chi connectivity index (χ1v) is 9.28. The van der Waals surface area contributed by atoms with Crippen LogP contribution in [0.1, 0.15) is 46.8 Å². The largest absolute Gasteiger partial charge is 0.388 e. The van der Waals surface area contributed by atoms with E-state index in [9.17, 15) is 20.1 Å². The zero-order valence-electron chi connectivity index (χ0n) is 15.2. The quantitative estimate of drug-likeness (QED) is 0.573. The lowest BCUT2D eigenvalue weighted by Gasteiger charge is -2.40. The van der Waals surface area contributed by atoms with Gasteiger partial charge in [0.25, 0.3) is 5.91 Å². The van der Waals surface area contributed by atoms with E-state index in [1.165, 1.54) is 12.4 Å². The van der Waals surface area contributed by atoms with Crippen LogP contribution in [-0.2, 0) is 11.2 Å². The average Bonchev–Trinajstić information content (AvgIpc) is 2.69. The maximum Gasteiger partial charge on any atom is 0.286 e. The number of carbonyl (C=O) groups excluding carboxylic acids is 1. The second-order valence-corrected chi connectivity index (χ2v) is 7.19. The Kier molecular flexibility index (Phi) is 6.26. The number of amides is 1. The number of aliphatic hydroxyl groups excluding tert-OH is 3. The van der Waals surface area contributed by atoms with Crippen molar-refractivity contribution in [2.24, 2.45) is 5.73 Å². The molecule has 1 aliphatic rings. The topological polar surface area (TPSA) is 139 Å². The standard InChI is InChI=1S/C19H22ClN3O5/c1-2-13-14(24)15(25)16(26)17(28-13)10-3-4-12(20)11(6-10)5-9-7-22-19(18(21)27)23-8-9/h3-4,6-8,13-17,24-26H,2,5H2,1H3,(H2,21,27)/t13-,14-,15+,16-,17+/m1/s1. The molecule has 2 aromatic rings. The highest BCUT2D eigenvalue weighted by atomic mass is 35.5. The number of hydrogen-bond acceptors (Lipinski definition) is 7. The molecule has 150 valence electrons. The second kappa shape index (κ2) is 8.50. The van der Waals surface area contributed by atoms with Crippen LogP contribution < -0.4 is 5.73 Å². The van der Waals surface area contributed by atoms with Gasteiger partial charge in [-0.3, -0.25) is 4.79 Å². The molecule has 5 N–H and O–H groups in total. The Morgan fingerprint density at radius 3 is 2.46 bits per heavy atom. The number of aromatic nitrogens is 2. The number of halogens is 1. The number of benzene rings is 1. The van der Waals surface area contributed by atoms with E-state index in [-0.39, 0.29) is 5.82 Å². The van der Waals surface area contributed by atoms with Gasteiger partial charge in [0.2, 0.25) is 5.82 Å². The van der Waals surface area contributed by atoms with Crippen LogP contribution in [0.15, 0.2) is 30.6 Å². The van der Waals surface area contributed by atoms with E-state index >= 15 is 0 Å². The van der Waals surface area contributed by atoms with Crippen molar-refractivity contribution in [2.45, 2.75) is 50.3 Å². The molecule has 0 saturated carbocycles. The summed E-state index contributed by atoms with van der Waals surface area (Å²) in [6.07, 6.45) is -1.25. The Morgan fingerprint density at radius 2 is 1.86 bits per heavy atom. The molecule has 28 heavy (non-hydrogen) atoms. The Bertz CT molecular complexity index is 846. The minimum Gasteiger partial charge on any atom is -0.388 e. The highest BCUT2D eigenvalue weighted by Gasteiger charge is 2.43. The van der Waals surface area contributed by atoms with Crippen molar-refractivity contribution >= 4 is 17.5 Å². The number of hydrogen-bond donors (Lipinski definition) is 4. The van der Waals surface area contributed by atoms with Gasteiger partial charge in [0.1, 0.15) is 24.4 Å².